The SMILES string of the molecule is COc1ccccc1CC(=O)c1cc(C)cc(Cl)c1. The predicted octanol–water partition coefficient (Wildman–Crippen LogP) is 4.08. The van der Waals surface area contributed by atoms with Crippen molar-refractivity contribution < 1.29 is 9.53 Å². The number of benzene rings is 2. The summed E-state index contributed by atoms with van der Waals surface area (Å²) in [7, 11) is 1.60. The molecule has 0 heterocycles. The van der Waals surface area contributed by atoms with E-state index in [1.54, 1.807) is 13.2 Å². The molecule has 98 valence electrons. The largest absolute Gasteiger partial charge is 0.496 e. The zero-order valence-electron chi connectivity index (χ0n) is 10.9. The number of rotatable bonds is 4. The number of halogens is 1. The molecule has 2 rings (SSSR count). The molecule has 19 heavy (non-hydrogen) atoms. The molecule has 0 aliphatic heterocycles. The number of ether oxygens (including phenoxy) is 1. The van der Waals surface area contributed by atoms with Crippen molar-refractivity contribution in [3.8, 4) is 5.75 Å². The number of hydrogen-bond donors (Lipinski definition) is 0. The molecular formula is C16H15ClO2. The second kappa shape index (κ2) is 5.89. The summed E-state index contributed by atoms with van der Waals surface area (Å²) >= 11 is 5.98. The van der Waals surface area contributed by atoms with E-state index in [0.29, 0.717) is 17.0 Å². The Balaban J connectivity index is 2.25. The van der Waals surface area contributed by atoms with Gasteiger partial charge in [-0.25, -0.2) is 0 Å². The minimum atomic E-state index is 0.0371. The highest BCUT2D eigenvalue weighted by Crippen LogP contribution is 2.21. The third kappa shape index (κ3) is 3.36. The molecular weight excluding hydrogens is 260 g/mol. The van der Waals surface area contributed by atoms with Crippen LogP contribution in [-0.4, -0.2) is 12.9 Å². The summed E-state index contributed by atoms with van der Waals surface area (Å²) in [6, 6.07) is 12.9. The highest BCUT2D eigenvalue weighted by Gasteiger charge is 2.11. The smallest absolute Gasteiger partial charge is 0.167 e. The Morgan fingerprint density at radius 1 is 1.21 bits per heavy atom. The van der Waals surface area contributed by atoms with Crippen molar-refractivity contribution in [1.82, 2.24) is 0 Å². The summed E-state index contributed by atoms with van der Waals surface area (Å²) in [4.78, 5) is 12.3. The lowest BCUT2D eigenvalue weighted by Gasteiger charge is -2.08. The van der Waals surface area contributed by atoms with E-state index in [4.69, 9.17) is 16.3 Å². The molecule has 0 unspecified atom stereocenters. The van der Waals surface area contributed by atoms with Crippen molar-refractivity contribution in [2.75, 3.05) is 7.11 Å². The van der Waals surface area contributed by atoms with Crippen LogP contribution in [0.3, 0.4) is 0 Å². The van der Waals surface area contributed by atoms with Gasteiger partial charge in [-0.2, -0.15) is 0 Å². The average molecular weight is 275 g/mol. The number of carbonyl (C=O) groups is 1. The van der Waals surface area contributed by atoms with Crippen molar-refractivity contribution in [3.05, 3.63) is 64.2 Å². The molecule has 3 heteroatoms. The molecule has 0 N–H and O–H groups in total. The second-order valence-corrected chi connectivity index (χ2v) is 4.87. The second-order valence-electron chi connectivity index (χ2n) is 4.43. The van der Waals surface area contributed by atoms with Crippen LogP contribution >= 0.6 is 11.6 Å². The molecule has 0 fully saturated rings. The Bertz CT molecular complexity index is 585. The zero-order valence-corrected chi connectivity index (χ0v) is 11.7. The number of ketones is 1. The third-order valence-corrected chi connectivity index (χ3v) is 3.13. The Morgan fingerprint density at radius 2 is 1.95 bits per heavy atom. The summed E-state index contributed by atoms with van der Waals surface area (Å²) in [6.07, 6.45) is 0.309. The van der Waals surface area contributed by atoms with Crippen LogP contribution in [0.5, 0.6) is 5.75 Å². The van der Waals surface area contributed by atoms with Crippen LogP contribution in [0.2, 0.25) is 5.02 Å². The van der Waals surface area contributed by atoms with Gasteiger partial charge in [0.1, 0.15) is 5.75 Å². The molecule has 2 nitrogen and oxygen atoms in total. The fourth-order valence-corrected chi connectivity index (χ4v) is 2.31. The van der Waals surface area contributed by atoms with Crippen LogP contribution in [0.1, 0.15) is 21.5 Å². The summed E-state index contributed by atoms with van der Waals surface area (Å²) in [5.41, 5.74) is 2.50. The molecule has 0 spiro atoms. The monoisotopic (exact) mass is 274 g/mol. The van der Waals surface area contributed by atoms with E-state index in [9.17, 15) is 4.79 Å². The standard InChI is InChI=1S/C16H15ClO2/c1-11-7-13(9-14(17)8-11)15(18)10-12-5-3-4-6-16(12)19-2/h3-9H,10H2,1-2H3. The van der Waals surface area contributed by atoms with Gasteiger partial charge in [0.15, 0.2) is 5.78 Å². The number of Topliss-reactive ketones (excluding diaryl/α,β-unsaturated/α-hetero) is 1. The molecule has 2 aromatic carbocycles. The lowest BCUT2D eigenvalue weighted by atomic mass is 10.0. The summed E-state index contributed by atoms with van der Waals surface area (Å²) in [5.74, 6) is 0.768. The van der Waals surface area contributed by atoms with Gasteiger partial charge in [-0.3, -0.25) is 4.79 Å². The van der Waals surface area contributed by atoms with Crippen molar-refractivity contribution in [2.24, 2.45) is 0 Å². The maximum atomic E-state index is 12.3. The van der Waals surface area contributed by atoms with E-state index in [1.807, 2.05) is 43.3 Å². The lowest BCUT2D eigenvalue weighted by molar-refractivity contribution is 0.0992. The van der Waals surface area contributed by atoms with Gasteiger partial charge in [-0.05, 0) is 36.8 Å². The first-order chi connectivity index (χ1) is 9.10. The first-order valence-electron chi connectivity index (χ1n) is 6.02. The Kier molecular flexibility index (Phi) is 4.23. The first kappa shape index (κ1) is 13.6. The summed E-state index contributed by atoms with van der Waals surface area (Å²) in [6.45, 7) is 1.92. The fourth-order valence-electron chi connectivity index (χ4n) is 2.02. The van der Waals surface area contributed by atoms with Crippen molar-refractivity contribution >= 4 is 17.4 Å². The van der Waals surface area contributed by atoms with Gasteiger partial charge in [0, 0.05) is 22.6 Å². The predicted molar refractivity (Wildman–Crippen MR) is 77.2 cm³/mol. The topological polar surface area (TPSA) is 26.3 Å². The molecule has 0 aliphatic rings. The molecule has 0 atom stereocenters. The maximum absolute atomic E-state index is 12.3. The van der Waals surface area contributed by atoms with Crippen LogP contribution < -0.4 is 4.74 Å². The number of carbonyl (C=O) groups excluding carboxylic acids is 1. The van der Waals surface area contributed by atoms with Crippen LogP contribution in [0.25, 0.3) is 0 Å². The molecule has 2 aromatic rings. The number of methoxy groups -OCH3 is 1. The molecule has 0 aliphatic carbocycles. The quantitative estimate of drug-likeness (QED) is 0.785. The molecule has 0 aromatic heterocycles. The highest BCUT2D eigenvalue weighted by atomic mass is 35.5. The molecule has 0 saturated heterocycles. The van der Waals surface area contributed by atoms with E-state index in [-0.39, 0.29) is 5.78 Å². The zero-order chi connectivity index (χ0) is 13.8. The van der Waals surface area contributed by atoms with Gasteiger partial charge < -0.3 is 4.74 Å². The molecule has 0 saturated carbocycles. The average Bonchev–Trinajstić information content (AvgIpc) is 2.38. The Morgan fingerprint density at radius 3 is 2.63 bits per heavy atom. The molecule has 0 bridgehead atoms. The fraction of sp³-hybridized carbons (Fsp3) is 0.188. The molecule has 0 radical (unpaired) electrons. The maximum Gasteiger partial charge on any atom is 0.167 e. The van der Waals surface area contributed by atoms with E-state index in [2.05, 4.69) is 0 Å². The van der Waals surface area contributed by atoms with Crippen LogP contribution in [0.15, 0.2) is 42.5 Å². The minimum Gasteiger partial charge on any atom is -0.496 e. The Hall–Kier alpha value is -1.80. The van der Waals surface area contributed by atoms with Gasteiger partial charge in [0.05, 0.1) is 7.11 Å². The van der Waals surface area contributed by atoms with Crippen molar-refractivity contribution in [3.63, 3.8) is 0 Å². The lowest BCUT2D eigenvalue weighted by Crippen LogP contribution is -2.05. The summed E-state index contributed by atoms with van der Waals surface area (Å²) in [5, 5.41) is 0.586. The van der Waals surface area contributed by atoms with Gasteiger partial charge in [-0.1, -0.05) is 29.8 Å². The summed E-state index contributed by atoms with van der Waals surface area (Å²) < 4.78 is 5.25. The third-order valence-electron chi connectivity index (χ3n) is 2.91. The van der Waals surface area contributed by atoms with Gasteiger partial charge in [0.2, 0.25) is 0 Å². The van der Waals surface area contributed by atoms with E-state index in [1.165, 1.54) is 0 Å². The van der Waals surface area contributed by atoms with Crippen molar-refractivity contribution in [1.29, 1.82) is 0 Å². The van der Waals surface area contributed by atoms with Gasteiger partial charge in [-0.15, -0.1) is 0 Å². The highest BCUT2D eigenvalue weighted by molar-refractivity contribution is 6.31. The van der Waals surface area contributed by atoms with E-state index in [0.717, 1.165) is 16.9 Å². The van der Waals surface area contributed by atoms with Crippen LogP contribution in [-0.2, 0) is 6.42 Å². The van der Waals surface area contributed by atoms with E-state index >= 15 is 0 Å². The first-order valence-corrected chi connectivity index (χ1v) is 6.40. The van der Waals surface area contributed by atoms with Gasteiger partial charge in [0.25, 0.3) is 0 Å². The van der Waals surface area contributed by atoms with E-state index < -0.39 is 0 Å². The number of hydrogen-bond acceptors (Lipinski definition) is 2. The molecule has 0 amide bonds. The van der Waals surface area contributed by atoms with Crippen LogP contribution in [0, 0.1) is 6.92 Å². The Labute approximate surface area is 118 Å². The van der Waals surface area contributed by atoms with Crippen molar-refractivity contribution in [2.45, 2.75) is 13.3 Å². The van der Waals surface area contributed by atoms with Crippen LogP contribution in [0.4, 0.5) is 0 Å². The normalized spacial score (nSPS) is 10.3. The van der Waals surface area contributed by atoms with Gasteiger partial charge >= 0.3 is 0 Å². The minimum absolute atomic E-state index is 0.0371. The number of para-hydroxylation sites is 1. The number of aryl methyl sites for hydroxylation is 1.